The first-order valence-electron chi connectivity index (χ1n) is 10.8. The molecule has 0 fully saturated rings. The molecule has 0 spiro atoms. The Balaban J connectivity index is 1.65. The number of amides is 1. The van der Waals surface area contributed by atoms with Crippen molar-refractivity contribution in [2.45, 2.75) is 4.90 Å². The molecule has 0 aliphatic carbocycles. The largest absolute Gasteiger partial charge is 0.494 e. The molecule has 1 amide bonds. The minimum absolute atomic E-state index is 0.0532. The number of carbonyl (C=O) groups is 1. The van der Waals surface area contributed by atoms with Crippen LogP contribution in [0.15, 0.2) is 85.8 Å². The second kappa shape index (κ2) is 8.96. The van der Waals surface area contributed by atoms with Gasteiger partial charge in [-0.15, -0.1) is 0 Å². The van der Waals surface area contributed by atoms with Crippen molar-refractivity contribution in [1.82, 2.24) is 9.97 Å². The summed E-state index contributed by atoms with van der Waals surface area (Å²) in [5.41, 5.74) is -1.92. The third-order valence-corrected chi connectivity index (χ3v) is 6.69. The molecule has 0 unspecified atom stereocenters. The second-order valence-electron chi connectivity index (χ2n) is 8.03. The molecular weight excluding hydrogens is 514 g/mol. The molecule has 0 bridgehead atoms. The van der Waals surface area contributed by atoms with Crippen molar-refractivity contribution >= 4 is 43.9 Å². The van der Waals surface area contributed by atoms with Crippen molar-refractivity contribution in [3.63, 3.8) is 0 Å². The van der Waals surface area contributed by atoms with Crippen molar-refractivity contribution in [3.8, 4) is 5.88 Å². The predicted molar refractivity (Wildman–Crippen MR) is 137 cm³/mol. The van der Waals surface area contributed by atoms with Crippen molar-refractivity contribution in [1.29, 1.82) is 0 Å². The van der Waals surface area contributed by atoms with Crippen LogP contribution in [-0.2, 0) is 14.9 Å². The van der Waals surface area contributed by atoms with Gasteiger partial charge in [-0.05, 0) is 17.7 Å². The summed E-state index contributed by atoms with van der Waals surface area (Å²) in [5.74, 6) is -1.60. The summed E-state index contributed by atoms with van der Waals surface area (Å²) in [6.45, 7) is 7.68. The fourth-order valence-corrected chi connectivity index (χ4v) is 4.91. The van der Waals surface area contributed by atoms with E-state index in [4.69, 9.17) is 6.57 Å². The quantitative estimate of drug-likeness (QED) is 0.152. The molecule has 12 nitrogen and oxygen atoms in total. The lowest BCUT2D eigenvalue weighted by Crippen LogP contribution is -2.27. The zero-order chi connectivity index (χ0) is 27.2. The van der Waals surface area contributed by atoms with Crippen molar-refractivity contribution in [2.24, 2.45) is 4.99 Å². The minimum Gasteiger partial charge on any atom is -0.494 e. The zero-order valence-corrected chi connectivity index (χ0v) is 19.8. The molecule has 1 aromatic heterocycles. The van der Waals surface area contributed by atoms with E-state index < -0.39 is 38.9 Å². The SMILES string of the molecule is [C-]#[N+]/C(C(=O)Nc1cccc2c(S(=O)(=O)O)cccc12)=C1/N=C(c2c(O)[nH]c(=O)[nH]c2=O)c2ccccc21. The average molecular weight is 529 g/mol. The molecule has 1 aliphatic heterocycles. The first kappa shape index (κ1) is 24.4. The molecular formula is C25H15N5O7S. The van der Waals surface area contributed by atoms with Gasteiger partial charge in [-0.3, -0.25) is 29.1 Å². The Labute approximate surface area is 213 Å². The number of hydrogen-bond donors (Lipinski definition) is 5. The van der Waals surface area contributed by atoms with Gasteiger partial charge in [0, 0.05) is 22.0 Å². The molecule has 38 heavy (non-hydrogen) atoms. The van der Waals surface area contributed by atoms with Gasteiger partial charge in [0.25, 0.3) is 27.3 Å². The minimum atomic E-state index is -4.54. The van der Waals surface area contributed by atoms with Gasteiger partial charge in [0.15, 0.2) is 0 Å². The Bertz CT molecular complexity index is 2010. The van der Waals surface area contributed by atoms with Crippen LogP contribution in [0.25, 0.3) is 21.3 Å². The van der Waals surface area contributed by atoms with Crippen LogP contribution in [0.1, 0.15) is 16.7 Å². The topological polar surface area (TPSA) is 186 Å². The van der Waals surface area contributed by atoms with Gasteiger partial charge in [0.1, 0.15) is 10.5 Å². The number of nitrogens with one attached hydrogen (secondary N) is 3. The summed E-state index contributed by atoms with van der Waals surface area (Å²) in [6, 6.07) is 15.0. The van der Waals surface area contributed by atoms with Gasteiger partial charge < -0.3 is 10.4 Å². The maximum absolute atomic E-state index is 13.3. The number of anilines is 1. The number of H-pyrrole nitrogens is 2. The van der Waals surface area contributed by atoms with Crippen LogP contribution < -0.4 is 16.6 Å². The number of hydrogen-bond acceptors (Lipinski definition) is 7. The molecule has 0 atom stereocenters. The highest BCUT2D eigenvalue weighted by atomic mass is 32.2. The van der Waals surface area contributed by atoms with E-state index in [1.165, 1.54) is 36.4 Å². The third kappa shape index (κ3) is 4.05. The summed E-state index contributed by atoms with van der Waals surface area (Å²) in [6.07, 6.45) is 0. The number of aromatic hydroxyl groups is 1. The zero-order valence-electron chi connectivity index (χ0n) is 19.0. The van der Waals surface area contributed by atoms with Crippen LogP contribution in [-0.4, -0.2) is 39.7 Å². The highest BCUT2D eigenvalue weighted by molar-refractivity contribution is 7.86. The lowest BCUT2D eigenvalue weighted by molar-refractivity contribution is -0.112. The van der Waals surface area contributed by atoms with Gasteiger partial charge in [-0.1, -0.05) is 48.5 Å². The van der Waals surface area contributed by atoms with Crippen LogP contribution >= 0.6 is 0 Å². The number of carbonyl (C=O) groups excluding carboxylic acids is 1. The van der Waals surface area contributed by atoms with Gasteiger partial charge in [0.2, 0.25) is 5.88 Å². The van der Waals surface area contributed by atoms with Crippen LogP contribution in [0.4, 0.5) is 5.69 Å². The highest BCUT2D eigenvalue weighted by Crippen LogP contribution is 2.35. The van der Waals surface area contributed by atoms with E-state index in [0.29, 0.717) is 16.5 Å². The van der Waals surface area contributed by atoms with Gasteiger partial charge >= 0.3 is 5.69 Å². The highest BCUT2D eigenvalue weighted by Gasteiger charge is 2.30. The summed E-state index contributed by atoms with van der Waals surface area (Å²) in [5, 5.41) is 13.3. The Morgan fingerprint density at radius 3 is 2.32 bits per heavy atom. The van der Waals surface area contributed by atoms with E-state index in [-0.39, 0.29) is 32.9 Å². The number of aliphatic imine (C=N–C) groups is 1. The Morgan fingerprint density at radius 2 is 1.63 bits per heavy atom. The summed E-state index contributed by atoms with van der Waals surface area (Å²) in [4.78, 5) is 48.7. The Morgan fingerprint density at radius 1 is 0.947 bits per heavy atom. The molecule has 0 saturated heterocycles. The molecule has 188 valence electrons. The van der Waals surface area contributed by atoms with E-state index in [0.717, 1.165) is 0 Å². The number of aromatic nitrogens is 2. The van der Waals surface area contributed by atoms with Gasteiger partial charge in [0.05, 0.1) is 18.0 Å². The summed E-state index contributed by atoms with van der Waals surface area (Å²) < 4.78 is 33.1. The van der Waals surface area contributed by atoms with E-state index in [9.17, 15) is 32.5 Å². The lowest BCUT2D eigenvalue weighted by atomic mass is 10.00. The van der Waals surface area contributed by atoms with Gasteiger partial charge in [-0.2, -0.15) is 8.42 Å². The van der Waals surface area contributed by atoms with Crippen LogP contribution in [0.3, 0.4) is 0 Å². The number of aromatic amines is 2. The average Bonchev–Trinajstić information content (AvgIpc) is 3.22. The van der Waals surface area contributed by atoms with Crippen LogP contribution in [0.5, 0.6) is 5.88 Å². The smallest absolute Gasteiger partial charge is 0.328 e. The molecule has 3 aromatic carbocycles. The fourth-order valence-electron chi connectivity index (χ4n) is 4.20. The first-order valence-corrected chi connectivity index (χ1v) is 12.2. The van der Waals surface area contributed by atoms with Crippen molar-refractivity contribution < 1.29 is 22.9 Å². The molecule has 13 heteroatoms. The fraction of sp³-hybridized carbons (Fsp3) is 0. The van der Waals surface area contributed by atoms with Crippen molar-refractivity contribution in [2.75, 3.05) is 5.32 Å². The number of rotatable bonds is 4. The standard InChI is InChI=1S/C25H15N5O7S/c1-26-21(24(33)27-16-10-4-9-13-12(16)8-5-11-17(13)38(35,36)37)20-15-7-3-2-6-14(15)19(28-20)18-22(31)29-25(34)30-23(18)32/h2-11H,(H,27,33)(H,35,36,37)(H3,29,30,31,32,34)/b21-20+. The maximum Gasteiger partial charge on any atom is 0.328 e. The molecule has 4 aromatic rings. The van der Waals surface area contributed by atoms with E-state index in [1.807, 2.05) is 4.98 Å². The molecule has 2 heterocycles. The first-order chi connectivity index (χ1) is 18.1. The Kier molecular flexibility index (Phi) is 5.75. The molecule has 0 radical (unpaired) electrons. The van der Waals surface area contributed by atoms with E-state index >= 15 is 0 Å². The number of fused-ring (bicyclic) bond motifs is 2. The monoisotopic (exact) mass is 529 g/mol. The second-order valence-corrected chi connectivity index (χ2v) is 9.42. The summed E-state index contributed by atoms with van der Waals surface area (Å²) in [7, 11) is -4.54. The number of benzene rings is 3. The normalized spacial score (nSPS) is 13.9. The molecule has 5 N–H and O–H groups in total. The van der Waals surface area contributed by atoms with E-state index in [2.05, 4.69) is 20.1 Å². The molecule has 0 saturated carbocycles. The Hall–Kier alpha value is -5.32. The lowest BCUT2D eigenvalue weighted by Gasteiger charge is -2.11. The number of nitrogens with zero attached hydrogens (tertiary/aromatic N) is 2. The predicted octanol–water partition coefficient (Wildman–Crippen LogP) is 2.25. The van der Waals surface area contributed by atoms with E-state index in [1.54, 1.807) is 24.3 Å². The van der Waals surface area contributed by atoms with Crippen molar-refractivity contribution in [3.05, 3.63) is 115 Å². The summed E-state index contributed by atoms with van der Waals surface area (Å²) >= 11 is 0. The van der Waals surface area contributed by atoms with Gasteiger partial charge in [-0.25, -0.2) is 9.64 Å². The molecule has 1 aliphatic rings. The maximum atomic E-state index is 13.3. The third-order valence-electron chi connectivity index (χ3n) is 5.78. The van der Waals surface area contributed by atoms with Crippen LogP contribution in [0.2, 0.25) is 0 Å². The van der Waals surface area contributed by atoms with Crippen LogP contribution in [0, 0.1) is 6.57 Å². The molecule has 5 rings (SSSR count).